The van der Waals surface area contributed by atoms with Gasteiger partial charge in [-0.15, -0.1) is 0 Å². The standard InChI is InChI=1S/C13H9F9O2/c1-2-7-3-5-8(6-4-7)24-9(23)10(11(14,15)16,12(17,18)19)13(20,21)22/h3-6H,2H2,1H3. The van der Waals surface area contributed by atoms with E-state index in [0.29, 0.717) is 12.0 Å². The molecule has 0 unspecified atom stereocenters. The summed E-state index contributed by atoms with van der Waals surface area (Å²) in [6.45, 7) is 1.67. The van der Waals surface area contributed by atoms with E-state index in [0.717, 1.165) is 12.1 Å². The van der Waals surface area contributed by atoms with Gasteiger partial charge in [-0.3, -0.25) is 0 Å². The van der Waals surface area contributed by atoms with E-state index in [1.165, 1.54) is 12.1 Å². The number of hydrogen-bond donors (Lipinski definition) is 0. The van der Waals surface area contributed by atoms with Crippen LogP contribution in [0.15, 0.2) is 24.3 Å². The molecule has 24 heavy (non-hydrogen) atoms. The van der Waals surface area contributed by atoms with Crippen LogP contribution in [-0.4, -0.2) is 24.5 Å². The zero-order valence-corrected chi connectivity index (χ0v) is 11.7. The van der Waals surface area contributed by atoms with Crippen molar-refractivity contribution in [3.8, 4) is 5.75 Å². The van der Waals surface area contributed by atoms with Gasteiger partial charge in [0, 0.05) is 0 Å². The molecular formula is C13H9F9O2. The summed E-state index contributed by atoms with van der Waals surface area (Å²) in [6, 6.07) is 3.95. The topological polar surface area (TPSA) is 26.3 Å². The molecule has 0 amide bonds. The van der Waals surface area contributed by atoms with Crippen LogP contribution in [0.2, 0.25) is 0 Å². The number of esters is 1. The Balaban J connectivity index is 3.41. The van der Waals surface area contributed by atoms with E-state index in [9.17, 15) is 44.3 Å². The van der Waals surface area contributed by atoms with E-state index in [-0.39, 0.29) is 0 Å². The highest BCUT2D eigenvalue weighted by Gasteiger charge is 2.89. The molecule has 0 aliphatic rings. The Bertz CT molecular complexity index is 545. The molecule has 11 heteroatoms. The van der Waals surface area contributed by atoms with E-state index in [1.807, 2.05) is 0 Å². The number of ether oxygens (including phenoxy) is 1. The van der Waals surface area contributed by atoms with Gasteiger partial charge in [0.1, 0.15) is 5.75 Å². The van der Waals surface area contributed by atoms with Crippen molar-refractivity contribution >= 4 is 5.97 Å². The van der Waals surface area contributed by atoms with Crippen LogP contribution in [-0.2, 0) is 11.2 Å². The van der Waals surface area contributed by atoms with Crippen LogP contribution >= 0.6 is 0 Å². The fraction of sp³-hybridized carbons (Fsp3) is 0.462. The Morgan fingerprint density at radius 3 is 1.50 bits per heavy atom. The first-order valence-electron chi connectivity index (χ1n) is 6.20. The molecule has 1 aromatic carbocycles. The lowest BCUT2D eigenvalue weighted by atomic mass is 9.85. The monoisotopic (exact) mass is 368 g/mol. The molecule has 0 aliphatic carbocycles. The van der Waals surface area contributed by atoms with E-state index in [2.05, 4.69) is 4.74 Å². The molecule has 136 valence electrons. The number of halogens is 9. The molecule has 0 spiro atoms. The fourth-order valence-electron chi connectivity index (χ4n) is 1.81. The van der Waals surface area contributed by atoms with Crippen molar-refractivity contribution in [1.29, 1.82) is 0 Å². The van der Waals surface area contributed by atoms with Crippen LogP contribution in [0.1, 0.15) is 12.5 Å². The average Bonchev–Trinajstić information content (AvgIpc) is 2.34. The predicted octanol–water partition coefficient (Wildman–Crippen LogP) is 4.83. The second-order valence-corrected chi connectivity index (χ2v) is 4.63. The molecule has 0 aromatic heterocycles. The Kier molecular flexibility index (Phi) is 5.17. The Hall–Kier alpha value is -1.94. The molecule has 1 rings (SSSR count). The van der Waals surface area contributed by atoms with Gasteiger partial charge in [0.05, 0.1) is 0 Å². The second-order valence-electron chi connectivity index (χ2n) is 4.63. The van der Waals surface area contributed by atoms with Crippen LogP contribution in [0.5, 0.6) is 5.75 Å². The van der Waals surface area contributed by atoms with Gasteiger partial charge < -0.3 is 4.74 Å². The van der Waals surface area contributed by atoms with Crippen LogP contribution < -0.4 is 4.74 Å². The smallest absolute Gasteiger partial charge is 0.423 e. The molecule has 0 fully saturated rings. The molecule has 0 saturated carbocycles. The van der Waals surface area contributed by atoms with Gasteiger partial charge >= 0.3 is 29.9 Å². The third-order valence-electron chi connectivity index (χ3n) is 3.12. The van der Waals surface area contributed by atoms with Gasteiger partial charge in [0.2, 0.25) is 0 Å². The first kappa shape index (κ1) is 20.1. The summed E-state index contributed by atoms with van der Waals surface area (Å²) in [5.74, 6) is -4.39. The highest BCUT2D eigenvalue weighted by Crippen LogP contribution is 2.59. The minimum absolute atomic E-state index is 0.436. The lowest BCUT2D eigenvalue weighted by Crippen LogP contribution is -2.65. The molecule has 2 nitrogen and oxygen atoms in total. The van der Waals surface area contributed by atoms with Gasteiger partial charge in [0.15, 0.2) is 0 Å². The Morgan fingerprint density at radius 2 is 1.21 bits per heavy atom. The first-order chi connectivity index (χ1) is 10.7. The zero-order valence-electron chi connectivity index (χ0n) is 11.7. The number of hydrogen-bond acceptors (Lipinski definition) is 2. The molecule has 0 atom stereocenters. The SMILES string of the molecule is CCc1ccc(OC(=O)C(C(F)(F)F)(C(F)(F)F)C(F)(F)F)cc1. The van der Waals surface area contributed by atoms with Gasteiger partial charge in [-0.1, -0.05) is 19.1 Å². The summed E-state index contributed by atoms with van der Waals surface area (Å²) in [7, 11) is 0. The number of carbonyl (C=O) groups excluding carboxylic acids is 1. The maximum absolute atomic E-state index is 12.7. The van der Waals surface area contributed by atoms with Gasteiger partial charge in [-0.05, 0) is 24.1 Å². The summed E-state index contributed by atoms with van der Waals surface area (Å²) >= 11 is 0. The molecule has 0 heterocycles. The van der Waals surface area contributed by atoms with Crippen molar-refractivity contribution in [1.82, 2.24) is 0 Å². The minimum Gasteiger partial charge on any atom is -0.425 e. The van der Waals surface area contributed by atoms with E-state index < -0.39 is 35.7 Å². The van der Waals surface area contributed by atoms with Gasteiger partial charge in [-0.2, -0.15) is 39.5 Å². The van der Waals surface area contributed by atoms with Crippen molar-refractivity contribution in [2.45, 2.75) is 31.9 Å². The molecular weight excluding hydrogens is 359 g/mol. The van der Waals surface area contributed by atoms with Crippen LogP contribution in [0.25, 0.3) is 0 Å². The predicted molar refractivity (Wildman–Crippen MR) is 62.1 cm³/mol. The largest absolute Gasteiger partial charge is 0.425 e. The molecule has 0 aliphatic heterocycles. The Labute approximate surface area is 129 Å². The average molecular weight is 368 g/mol. The van der Waals surface area contributed by atoms with Crippen LogP contribution in [0, 0.1) is 5.41 Å². The molecule has 0 saturated heterocycles. The van der Waals surface area contributed by atoms with E-state index >= 15 is 0 Å². The number of benzene rings is 1. The van der Waals surface area contributed by atoms with Crippen LogP contribution in [0.4, 0.5) is 39.5 Å². The third-order valence-corrected chi connectivity index (χ3v) is 3.12. The maximum atomic E-state index is 12.7. The molecule has 1 aromatic rings. The summed E-state index contributed by atoms with van der Waals surface area (Å²) in [5.41, 5.74) is -6.07. The van der Waals surface area contributed by atoms with E-state index in [1.54, 1.807) is 6.92 Å². The third kappa shape index (κ3) is 3.29. The quantitative estimate of drug-likeness (QED) is 0.434. The van der Waals surface area contributed by atoms with Crippen molar-refractivity contribution < 1.29 is 49.0 Å². The van der Waals surface area contributed by atoms with Crippen molar-refractivity contribution in [3.63, 3.8) is 0 Å². The number of alkyl halides is 9. The first-order valence-corrected chi connectivity index (χ1v) is 6.20. The minimum atomic E-state index is -7.00. The number of rotatable bonds is 3. The highest BCUT2D eigenvalue weighted by atomic mass is 19.4. The summed E-state index contributed by atoms with van der Waals surface area (Å²) in [6.07, 6.45) is -20.6. The van der Waals surface area contributed by atoms with E-state index in [4.69, 9.17) is 0 Å². The zero-order chi connectivity index (χ0) is 19.0. The van der Waals surface area contributed by atoms with Gasteiger partial charge in [-0.25, -0.2) is 4.79 Å². The summed E-state index contributed by atoms with van der Waals surface area (Å²) in [5, 5.41) is 0. The van der Waals surface area contributed by atoms with Crippen LogP contribution in [0.3, 0.4) is 0 Å². The van der Waals surface area contributed by atoms with Gasteiger partial charge in [0.25, 0.3) is 0 Å². The Morgan fingerprint density at radius 1 is 0.833 bits per heavy atom. The molecule has 0 radical (unpaired) electrons. The second kappa shape index (κ2) is 6.17. The molecule has 0 N–H and O–H groups in total. The highest BCUT2D eigenvalue weighted by molar-refractivity contribution is 5.82. The lowest BCUT2D eigenvalue weighted by molar-refractivity contribution is -0.410. The number of aryl methyl sites for hydroxylation is 1. The fourth-order valence-corrected chi connectivity index (χ4v) is 1.81. The maximum Gasteiger partial charge on any atom is 0.423 e. The lowest BCUT2D eigenvalue weighted by Gasteiger charge is -2.35. The van der Waals surface area contributed by atoms with Crippen molar-refractivity contribution in [2.75, 3.05) is 0 Å². The summed E-state index contributed by atoms with van der Waals surface area (Å²) in [4.78, 5) is 11.3. The number of carbonyl (C=O) groups is 1. The summed E-state index contributed by atoms with van der Waals surface area (Å²) < 4.78 is 118. The van der Waals surface area contributed by atoms with Crippen molar-refractivity contribution in [3.05, 3.63) is 29.8 Å². The molecule has 0 bridgehead atoms. The van der Waals surface area contributed by atoms with Crippen molar-refractivity contribution in [2.24, 2.45) is 5.41 Å². The normalized spacial score (nSPS) is 13.8.